The first-order valence-corrected chi connectivity index (χ1v) is 5.34. The summed E-state index contributed by atoms with van der Waals surface area (Å²) in [6.07, 6.45) is 3.16. The summed E-state index contributed by atoms with van der Waals surface area (Å²) in [5, 5.41) is 22.1. The molecule has 1 aliphatic rings. The molecular weight excluding hydrogens is 256 g/mol. The summed E-state index contributed by atoms with van der Waals surface area (Å²) >= 11 is 0. The fraction of sp³-hybridized carbons (Fsp3) is 0.400. The van der Waals surface area contributed by atoms with Crippen molar-refractivity contribution in [2.24, 2.45) is 0 Å². The van der Waals surface area contributed by atoms with E-state index < -0.39 is 11.9 Å². The van der Waals surface area contributed by atoms with Crippen LogP contribution in [0.5, 0.6) is 0 Å². The summed E-state index contributed by atoms with van der Waals surface area (Å²) in [5.74, 6) is -3.27. The summed E-state index contributed by atoms with van der Waals surface area (Å²) in [4.78, 5) is 20.4. The zero-order valence-electron chi connectivity index (χ0n) is 10.2. The number of carboxylic acid groups (broad SMARTS) is 2. The van der Waals surface area contributed by atoms with Crippen LogP contribution in [0.15, 0.2) is 10.7 Å². The van der Waals surface area contributed by atoms with Crippen molar-refractivity contribution in [3.05, 3.63) is 11.8 Å². The molecule has 104 valence electrons. The molecule has 0 spiro atoms. The zero-order chi connectivity index (χ0) is 14.4. The molecule has 0 atom stereocenters. The monoisotopic (exact) mass is 270 g/mol. The Morgan fingerprint density at radius 1 is 1.37 bits per heavy atom. The molecule has 9 nitrogen and oxygen atoms in total. The van der Waals surface area contributed by atoms with Crippen LogP contribution >= 0.6 is 0 Å². The second-order valence-corrected chi connectivity index (χ2v) is 3.86. The lowest BCUT2D eigenvalue weighted by Crippen LogP contribution is -2.25. The van der Waals surface area contributed by atoms with Crippen LogP contribution in [-0.2, 0) is 9.59 Å². The standard InChI is InChI=1S/C8H12N4O.C2H2O4/c1-12-4-2-3-6(5-12)7-8(9)11-13-10-7;3-1(4)2(5)6/h3H,2,4-5H2,1H3,(H2,9,11);(H,3,4)(H,5,6). The van der Waals surface area contributed by atoms with Crippen LogP contribution in [0.3, 0.4) is 0 Å². The van der Waals surface area contributed by atoms with Crippen molar-refractivity contribution in [2.75, 3.05) is 25.9 Å². The lowest BCUT2D eigenvalue weighted by atomic mass is 10.1. The summed E-state index contributed by atoms with van der Waals surface area (Å²) in [6, 6.07) is 0. The van der Waals surface area contributed by atoms with Gasteiger partial charge in [-0.3, -0.25) is 0 Å². The Labute approximate surface area is 108 Å². The van der Waals surface area contributed by atoms with Crippen molar-refractivity contribution in [3.8, 4) is 0 Å². The van der Waals surface area contributed by atoms with E-state index in [1.54, 1.807) is 0 Å². The fourth-order valence-corrected chi connectivity index (χ4v) is 1.48. The highest BCUT2D eigenvalue weighted by Gasteiger charge is 2.16. The maximum atomic E-state index is 9.10. The predicted molar refractivity (Wildman–Crippen MR) is 64.1 cm³/mol. The average Bonchev–Trinajstić information content (AvgIpc) is 2.76. The molecule has 0 aromatic carbocycles. The van der Waals surface area contributed by atoms with Crippen LogP contribution in [-0.4, -0.2) is 57.5 Å². The molecular formula is C10H14N4O5. The van der Waals surface area contributed by atoms with Gasteiger partial charge in [0.15, 0.2) is 11.5 Å². The van der Waals surface area contributed by atoms with Crippen molar-refractivity contribution >= 4 is 23.3 Å². The van der Waals surface area contributed by atoms with Crippen molar-refractivity contribution in [2.45, 2.75) is 6.42 Å². The molecule has 0 aliphatic carbocycles. The number of nitrogens with two attached hydrogens (primary N) is 1. The Morgan fingerprint density at radius 2 is 2.00 bits per heavy atom. The van der Waals surface area contributed by atoms with Gasteiger partial charge < -0.3 is 20.8 Å². The molecule has 1 aliphatic heterocycles. The van der Waals surface area contributed by atoms with E-state index in [1.807, 2.05) is 0 Å². The van der Waals surface area contributed by atoms with E-state index in [0.717, 1.165) is 25.1 Å². The Balaban J connectivity index is 0.000000258. The van der Waals surface area contributed by atoms with Gasteiger partial charge in [-0.2, -0.15) is 0 Å². The maximum Gasteiger partial charge on any atom is 0.414 e. The molecule has 9 heteroatoms. The first-order valence-electron chi connectivity index (χ1n) is 5.34. The highest BCUT2D eigenvalue weighted by molar-refractivity contribution is 6.27. The number of rotatable bonds is 1. The molecule has 0 saturated carbocycles. The van der Waals surface area contributed by atoms with Gasteiger partial charge in [-0.1, -0.05) is 6.08 Å². The highest BCUT2D eigenvalue weighted by atomic mass is 16.6. The van der Waals surface area contributed by atoms with Gasteiger partial charge in [0, 0.05) is 13.1 Å². The number of anilines is 1. The molecule has 2 rings (SSSR count). The number of aromatic nitrogens is 2. The largest absolute Gasteiger partial charge is 0.473 e. The third kappa shape index (κ3) is 4.39. The quantitative estimate of drug-likeness (QED) is 0.576. The van der Waals surface area contributed by atoms with E-state index in [-0.39, 0.29) is 0 Å². The van der Waals surface area contributed by atoms with E-state index in [4.69, 9.17) is 25.5 Å². The van der Waals surface area contributed by atoms with Gasteiger partial charge in [0.2, 0.25) is 0 Å². The molecule has 1 aromatic heterocycles. The van der Waals surface area contributed by atoms with Crippen molar-refractivity contribution in [1.29, 1.82) is 0 Å². The summed E-state index contributed by atoms with van der Waals surface area (Å²) in [5.41, 5.74) is 7.38. The van der Waals surface area contributed by atoms with Crippen LogP contribution in [0.4, 0.5) is 5.82 Å². The number of carbonyl (C=O) groups is 2. The normalized spacial score (nSPS) is 15.1. The molecule has 19 heavy (non-hydrogen) atoms. The number of aliphatic carboxylic acids is 2. The smallest absolute Gasteiger partial charge is 0.414 e. The topological polar surface area (TPSA) is 143 Å². The van der Waals surface area contributed by atoms with Gasteiger partial charge in [0.25, 0.3) is 0 Å². The van der Waals surface area contributed by atoms with Gasteiger partial charge in [-0.25, -0.2) is 14.2 Å². The van der Waals surface area contributed by atoms with E-state index in [0.29, 0.717) is 11.5 Å². The molecule has 0 unspecified atom stereocenters. The average molecular weight is 270 g/mol. The first-order chi connectivity index (χ1) is 8.91. The number of likely N-dealkylation sites (N-methyl/N-ethyl adjacent to an activating group) is 1. The highest BCUT2D eigenvalue weighted by Crippen LogP contribution is 2.21. The Hall–Kier alpha value is -2.42. The predicted octanol–water partition coefficient (Wildman–Crippen LogP) is -0.474. The number of carboxylic acids is 2. The van der Waals surface area contributed by atoms with Gasteiger partial charge in [0.05, 0.1) is 0 Å². The Kier molecular flexibility index (Phi) is 5.01. The molecule has 0 bridgehead atoms. The first kappa shape index (κ1) is 14.6. The lowest BCUT2D eigenvalue weighted by Gasteiger charge is -2.21. The maximum absolute atomic E-state index is 9.10. The molecule has 0 radical (unpaired) electrons. The van der Waals surface area contributed by atoms with Crippen molar-refractivity contribution < 1.29 is 24.4 Å². The third-order valence-electron chi connectivity index (χ3n) is 2.34. The van der Waals surface area contributed by atoms with Crippen LogP contribution in [0.2, 0.25) is 0 Å². The summed E-state index contributed by atoms with van der Waals surface area (Å²) in [6.45, 7) is 1.94. The zero-order valence-corrected chi connectivity index (χ0v) is 10.2. The second-order valence-electron chi connectivity index (χ2n) is 3.86. The van der Waals surface area contributed by atoms with Gasteiger partial charge in [0.1, 0.15) is 0 Å². The molecule has 4 N–H and O–H groups in total. The molecule has 2 heterocycles. The Bertz CT molecular complexity index is 484. The van der Waals surface area contributed by atoms with Crippen LogP contribution in [0, 0.1) is 0 Å². The van der Waals surface area contributed by atoms with Crippen LogP contribution in [0.1, 0.15) is 12.1 Å². The SMILES string of the molecule is CN1CCC=C(c2nonc2N)C1.O=C(O)C(=O)O. The number of hydrogen-bond donors (Lipinski definition) is 3. The lowest BCUT2D eigenvalue weighted by molar-refractivity contribution is -0.159. The minimum Gasteiger partial charge on any atom is -0.473 e. The second kappa shape index (κ2) is 6.50. The fourth-order valence-electron chi connectivity index (χ4n) is 1.48. The minimum atomic E-state index is -1.82. The van der Waals surface area contributed by atoms with Gasteiger partial charge in [-0.05, 0) is 29.4 Å². The van der Waals surface area contributed by atoms with Crippen molar-refractivity contribution in [3.63, 3.8) is 0 Å². The molecule has 0 amide bonds. The molecule has 1 aromatic rings. The third-order valence-corrected chi connectivity index (χ3v) is 2.34. The summed E-state index contributed by atoms with van der Waals surface area (Å²) in [7, 11) is 2.07. The number of nitrogen functional groups attached to an aromatic ring is 1. The van der Waals surface area contributed by atoms with E-state index >= 15 is 0 Å². The Morgan fingerprint density at radius 3 is 2.42 bits per heavy atom. The van der Waals surface area contributed by atoms with Gasteiger partial charge >= 0.3 is 11.9 Å². The molecule has 0 fully saturated rings. The van der Waals surface area contributed by atoms with Crippen LogP contribution in [0.25, 0.3) is 5.57 Å². The number of hydrogen-bond acceptors (Lipinski definition) is 7. The summed E-state index contributed by atoms with van der Waals surface area (Å²) < 4.78 is 4.55. The van der Waals surface area contributed by atoms with Gasteiger partial charge in [-0.15, -0.1) is 0 Å². The number of nitrogens with zero attached hydrogens (tertiary/aromatic N) is 3. The molecule has 0 saturated heterocycles. The van der Waals surface area contributed by atoms with E-state index in [9.17, 15) is 0 Å². The van der Waals surface area contributed by atoms with Crippen molar-refractivity contribution in [1.82, 2.24) is 15.2 Å². The van der Waals surface area contributed by atoms with Crippen LogP contribution < -0.4 is 5.73 Å². The van der Waals surface area contributed by atoms with E-state index in [2.05, 4.69) is 33.0 Å². The minimum absolute atomic E-state index is 0.376. The van der Waals surface area contributed by atoms with E-state index in [1.165, 1.54) is 0 Å².